The summed E-state index contributed by atoms with van der Waals surface area (Å²) in [5, 5.41) is 8.92. The van der Waals surface area contributed by atoms with Gasteiger partial charge in [0.15, 0.2) is 0 Å². The van der Waals surface area contributed by atoms with Gasteiger partial charge in [0.2, 0.25) is 5.91 Å². The molecule has 0 aliphatic heterocycles. The van der Waals surface area contributed by atoms with E-state index in [2.05, 4.69) is 13.8 Å². The van der Waals surface area contributed by atoms with Crippen LogP contribution >= 0.6 is 0 Å². The second-order valence-corrected chi connectivity index (χ2v) is 5.98. The minimum Gasteiger partial charge on any atom is -0.481 e. The van der Waals surface area contributed by atoms with E-state index in [1.54, 1.807) is 14.0 Å². The third kappa shape index (κ3) is 5.21. The molecule has 21 heavy (non-hydrogen) atoms. The molecular formula is C17H25NO3. The number of hydrogen-bond acceptors (Lipinski definition) is 2. The van der Waals surface area contributed by atoms with Gasteiger partial charge in [-0.15, -0.1) is 0 Å². The van der Waals surface area contributed by atoms with Crippen LogP contribution in [0.2, 0.25) is 0 Å². The summed E-state index contributed by atoms with van der Waals surface area (Å²) in [5.74, 6) is -0.931. The van der Waals surface area contributed by atoms with E-state index < -0.39 is 11.9 Å². The number of carbonyl (C=O) groups excluding carboxylic acids is 1. The smallest absolute Gasteiger partial charge is 0.308 e. The number of hydrogen-bond donors (Lipinski definition) is 1. The zero-order valence-corrected chi connectivity index (χ0v) is 13.2. The van der Waals surface area contributed by atoms with Crippen LogP contribution in [-0.2, 0) is 9.59 Å². The lowest BCUT2D eigenvalue weighted by Gasteiger charge is -2.25. The minimum atomic E-state index is -0.877. The Labute approximate surface area is 126 Å². The number of aliphatic carboxylic acids is 1. The third-order valence-electron chi connectivity index (χ3n) is 3.82. The number of carbonyl (C=O) groups is 2. The molecule has 4 nitrogen and oxygen atoms in total. The molecular weight excluding hydrogens is 266 g/mol. The third-order valence-corrected chi connectivity index (χ3v) is 3.82. The van der Waals surface area contributed by atoms with Crippen LogP contribution in [0.1, 0.15) is 38.7 Å². The molecule has 0 radical (unpaired) electrons. The molecule has 0 aliphatic rings. The van der Waals surface area contributed by atoms with Crippen LogP contribution < -0.4 is 0 Å². The molecule has 0 heterocycles. The monoisotopic (exact) mass is 291 g/mol. The van der Waals surface area contributed by atoms with Gasteiger partial charge in [-0.2, -0.15) is 0 Å². The quantitative estimate of drug-likeness (QED) is 0.840. The lowest BCUT2D eigenvalue weighted by atomic mass is 9.85. The first kappa shape index (κ1) is 17.2. The number of carboxylic acid groups (broad SMARTS) is 1. The van der Waals surface area contributed by atoms with Crippen LogP contribution in [0, 0.1) is 11.8 Å². The highest BCUT2D eigenvalue weighted by Gasteiger charge is 2.23. The van der Waals surface area contributed by atoms with Gasteiger partial charge >= 0.3 is 5.97 Å². The maximum Gasteiger partial charge on any atom is 0.308 e. The summed E-state index contributed by atoms with van der Waals surface area (Å²) >= 11 is 0. The van der Waals surface area contributed by atoms with Crippen LogP contribution in [0.15, 0.2) is 30.3 Å². The van der Waals surface area contributed by atoms with Crippen molar-refractivity contribution in [2.75, 3.05) is 13.6 Å². The molecule has 4 heteroatoms. The molecule has 0 fully saturated rings. The van der Waals surface area contributed by atoms with Crippen molar-refractivity contribution in [2.45, 2.75) is 33.1 Å². The van der Waals surface area contributed by atoms with Gasteiger partial charge in [-0.1, -0.05) is 51.1 Å². The molecule has 0 saturated carbocycles. The molecule has 116 valence electrons. The fourth-order valence-electron chi connectivity index (χ4n) is 2.37. The fourth-order valence-corrected chi connectivity index (χ4v) is 2.37. The number of amides is 1. The van der Waals surface area contributed by atoms with E-state index in [-0.39, 0.29) is 18.4 Å². The molecule has 2 atom stereocenters. The maximum absolute atomic E-state index is 12.3. The summed E-state index contributed by atoms with van der Waals surface area (Å²) in [7, 11) is 1.67. The van der Waals surface area contributed by atoms with E-state index in [0.717, 1.165) is 5.56 Å². The van der Waals surface area contributed by atoms with Crippen molar-refractivity contribution in [1.82, 2.24) is 4.90 Å². The van der Waals surface area contributed by atoms with Crippen LogP contribution in [0.25, 0.3) is 0 Å². The Kier molecular flexibility index (Phi) is 6.40. The standard InChI is InChI=1S/C17H25NO3/c1-12(2)15(14-8-6-5-7-9-14)10-16(19)18(4)11-13(3)17(20)21/h5-9,12-13,15H,10-11H2,1-4H3,(H,20,21). The second-order valence-electron chi connectivity index (χ2n) is 5.98. The van der Waals surface area contributed by atoms with E-state index in [9.17, 15) is 9.59 Å². The summed E-state index contributed by atoms with van der Waals surface area (Å²) in [5.41, 5.74) is 1.15. The molecule has 0 bridgehead atoms. The summed E-state index contributed by atoms with van der Waals surface area (Å²) < 4.78 is 0. The molecule has 1 N–H and O–H groups in total. The van der Waals surface area contributed by atoms with Gasteiger partial charge in [-0.05, 0) is 17.4 Å². The Morgan fingerprint density at radius 2 is 1.71 bits per heavy atom. The van der Waals surface area contributed by atoms with Gasteiger partial charge < -0.3 is 10.0 Å². The average molecular weight is 291 g/mol. The average Bonchev–Trinajstić information content (AvgIpc) is 2.44. The van der Waals surface area contributed by atoms with Crippen molar-refractivity contribution in [3.63, 3.8) is 0 Å². The SMILES string of the molecule is CC(CN(C)C(=O)CC(c1ccccc1)C(C)C)C(=O)O. The molecule has 0 aliphatic carbocycles. The number of benzene rings is 1. The van der Waals surface area contributed by atoms with E-state index in [1.165, 1.54) is 4.90 Å². The topological polar surface area (TPSA) is 57.6 Å². The van der Waals surface area contributed by atoms with Crippen molar-refractivity contribution in [2.24, 2.45) is 11.8 Å². The van der Waals surface area contributed by atoms with Gasteiger partial charge in [0.1, 0.15) is 0 Å². The Balaban J connectivity index is 2.71. The minimum absolute atomic E-state index is 0.00865. The summed E-state index contributed by atoms with van der Waals surface area (Å²) in [6.45, 7) is 6.06. The van der Waals surface area contributed by atoms with Gasteiger partial charge in [0, 0.05) is 20.0 Å². The van der Waals surface area contributed by atoms with Crippen molar-refractivity contribution in [3.8, 4) is 0 Å². The fraction of sp³-hybridized carbons (Fsp3) is 0.529. The highest BCUT2D eigenvalue weighted by Crippen LogP contribution is 2.28. The Hall–Kier alpha value is -1.84. The number of carboxylic acids is 1. The molecule has 1 aromatic carbocycles. The summed E-state index contributed by atoms with van der Waals surface area (Å²) in [4.78, 5) is 24.7. The zero-order valence-electron chi connectivity index (χ0n) is 13.2. The van der Waals surface area contributed by atoms with Crippen molar-refractivity contribution < 1.29 is 14.7 Å². The van der Waals surface area contributed by atoms with Gasteiger partial charge in [0.05, 0.1) is 5.92 Å². The molecule has 1 aromatic rings. The zero-order chi connectivity index (χ0) is 16.0. The summed E-state index contributed by atoms with van der Waals surface area (Å²) in [6.07, 6.45) is 0.407. The molecule has 0 saturated heterocycles. The highest BCUT2D eigenvalue weighted by molar-refractivity contribution is 5.78. The molecule has 0 spiro atoms. The van der Waals surface area contributed by atoms with E-state index in [0.29, 0.717) is 12.3 Å². The van der Waals surface area contributed by atoms with Crippen LogP contribution in [-0.4, -0.2) is 35.5 Å². The van der Waals surface area contributed by atoms with E-state index in [4.69, 9.17) is 5.11 Å². The van der Waals surface area contributed by atoms with Gasteiger partial charge in [-0.3, -0.25) is 9.59 Å². The summed E-state index contributed by atoms with van der Waals surface area (Å²) in [6, 6.07) is 10.00. The first-order chi connectivity index (χ1) is 9.82. The molecule has 1 rings (SSSR count). The largest absolute Gasteiger partial charge is 0.481 e. The first-order valence-corrected chi connectivity index (χ1v) is 7.34. The van der Waals surface area contributed by atoms with E-state index in [1.807, 2.05) is 30.3 Å². The maximum atomic E-state index is 12.3. The number of nitrogens with zero attached hydrogens (tertiary/aromatic N) is 1. The van der Waals surface area contributed by atoms with Gasteiger partial charge in [-0.25, -0.2) is 0 Å². The second kappa shape index (κ2) is 7.81. The lowest BCUT2D eigenvalue weighted by molar-refractivity contribution is -0.142. The highest BCUT2D eigenvalue weighted by atomic mass is 16.4. The van der Waals surface area contributed by atoms with Crippen LogP contribution in [0.3, 0.4) is 0 Å². The van der Waals surface area contributed by atoms with Crippen molar-refractivity contribution in [3.05, 3.63) is 35.9 Å². The van der Waals surface area contributed by atoms with Crippen LogP contribution in [0.5, 0.6) is 0 Å². The molecule has 0 aromatic heterocycles. The predicted molar refractivity (Wildman–Crippen MR) is 83.1 cm³/mol. The van der Waals surface area contributed by atoms with E-state index >= 15 is 0 Å². The lowest BCUT2D eigenvalue weighted by Crippen LogP contribution is -2.34. The van der Waals surface area contributed by atoms with Crippen molar-refractivity contribution >= 4 is 11.9 Å². The normalized spacial score (nSPS) is 13.8. The Morgan fingerprint density at radius 3 is 2.19 bits per heavy atom. The number of rotatable bonds is 7. The van der Waals surface area contributed by atoms with Crippen molar-refractivity contribution in [1.29, 1.82) is 0 Å². The van der Waals surface area contributed by atoms with Crippen LogP contribution in [0.4, 0.5) is 0 Å². The molecule has 1 amide bonds. The Morgan fingerprint density at radius 1 is 1.14 bits per heavy atom. The molecule has 2 unspecified atom stereocenters. The predicted octanol–water partition coefficient (Wildman–Crippen LogP) is 3.00. The first-order valence-electron chi connectivity index (χ1n) is 7.34. The Bertz CT molecular complexity index is 470. The van der Waals surface area contributed by atoms with Gasteiger partial charge in [0.25, 0.3) is 0 Å².